The summed E-state index contributed by atoms with van der Waals surface area (Å²) in [6, 6.07) is 6.60. The molecule has 0 radical (unpaired) electrons. The summed E-state index contributed by atoms with van der Waals surface area (Å²) in [7, 11) is 0. The quantitative estimate of drug-likeness (QED) is 0.919. The van der Waals surface area contributed by atoms with Crippen molar-refractivity contribution in [1.82, 2.24) is 10.2 Å². The molecule has 2 fully saturated rings. The molecule has 0 bridgehead atoms. The Labute approximate surface area is 144 Å². The van der Waals surface area contributed by atoms with Gasteiger partial charge in [0.2, 0.25) is 0 Å². The van der Waals surface area contributed by atoms with E-state index in [1.165, 1.54) is 30.5 Å². The molecule has 0 unspecified atom stereocenters. The van der Waals surface area contributed by atoms with Gasteiger partial charge in [-0.25, -0.2) is 0 Å². The minimum Gasteiger partial charge on any atom is -0.372 e. The number of likely N-dealkylation sites (tertiary alicyclic amines) is 1. The Bertz CT molecular complexity index is 566. The van der Waals surface area contributed by atoms with Gasteiger partial charge in [0.1, 0.15) is 0 Å². The summed E-state index contributed by atoms with van der Waals surface area (Å²) in [6.07, 6.45) is 4.94. The average Bonchev–Trinajstić information content (AvgIpc) is 3.27. The van der Waals surface area contributed by atoms with E-state index < -0.39 is 0 Å². The van der Waals surface area contributed by atoms with Gasteiger partial charge in [-0.05, 0) is 61.4 Å². The van der Waals surface area contributed by atoms with Crippen LogP contribution in [0.15, 0.2) is 18.2 Å². The van der Waals surface area contributed by atoms with E-state index >= 15 is 0 Å². The molecule has 4 rings (SSSR count). The molecule has 1 saturated carbocycles. The number of fused-ring (bicyclic) bond motifs is 1. The van der Waals surface area contributed by atoms with Crippen LogP contribution in [0.2, 0.25) is 0 Å². The number of rotatable bonds is 4. The zero-order valence-electron chi connectivity index (χ0n) is 13.4. The lowest BCUT2D eigenvalue weighted by Crippen LogP contribution is -2.45. The molecule has 0 aromatic heterocycles. The smallest absolute Gasteiger partial charge is 0.253 e. The Kier molecular flexibility index (Phi) is 5.24. The zero-order valence-corrected chi connectivity index (χ0v) is 14.2. The summed E-state index contributed by atoms with van der Waals surface area (Å²) >= 11 is 0. The van der Waals surface area contributed by atoms with E-state index in [1.54, 1.807) is 0 Å². The zero-order chi connectivity index (χ0) is 14.9. The van der Waals surface area contributed by atoms with E-state index in [0.717, 1.165) is 37.4 Å². The van der Waals surface area contributed by atoms with Crippen LogP contribution in [0.5, 0.6) is 0 Å². The van der Waals surface area contributed by atoms with Crippen molar-refractivity contribution in [2.24, 2.45) is 5.92 Å². The largest absolute Gasteiger partial charge is 0.372 e. The molecular formula is C18H25ClN2O2. The molecule has 1 saturated heterocycles. The van der Waals surface area contributed by atoms with Crippen molar-refractivity contribution < 1.29 is 9.53 Å². The van der Waals surface area contributed by atoms with Gasteiger partial charge in [0.05, 0.1) is 13.2 Å². The number of piperidine rings is 1. The minimum atomic E-state index is 0. The first-order valence-electron chi connectivity index (χ1n) is 8.52. The van der Waals surface area contributed by atoms with Crippen molar-refractivity contribution in [2.75, 3.05) is 19.6 Å². The van der Waals surface area contributed by atoms with E-state index in [2.05, 4.69) is 5.32 Å². The second kappa shape index (κ2) is 7.20. The maximum Gasteiger partial charge on any atom is 0.253 e. The van der Waals surface area contributed by atoms with Crippen LogP contribution >= 0.6 is 12.4 Å². The van der Waals surface area contributed by atoms with Crippen LogP contribution in [0, 0.1) is 5.92 Å². The van der Waals surface area contributed by atoms with Crippen molar-refractivity contribution in [1.29, 1.82) is 0 Å². The van der Waals surface area contributed by atoms with Gasteiger partial charge in [-0.2, -0.15) is 0 Å². The summed E-state index contributed by atoms with van der Waals surface area (Å²) in [6.45, 7) is 4.23. The number of benzene rings is 1. The van der Waals surface area contributed by atoms with Crippen LogP contribution in [0.4, 0.5) is 0 Å². The van der Waals surface area contributed by atoms with Crippen LogP contribution in [-0.2, 0) is 18.0 Å². The number of halogens is 1. The lowest BCUT2D eigenvalue weighted by molar-refractivity contribution is 0.0705. The maximum atomic E-state index is 12.6. The number of carbonyl (C=O) groups excluding carboxylic acids is 1. The number of hydrogen-bond donors (Lipinski definition) is 1. The van der Waals surface area contributed by atoms with Crippen molar-refractivity contribution in [3.63, 3.8) is 0 Å². The van der Waals surface area contributed by atoms with Gasteiger partial charge in [-0.15, -0.1) is 12.4 Å². The highest BCUT2D eigenvalue weighted by atomic mass is 35.5. The molecule has 1 N–H and O–H groups in total. The maximum absolute atomic E-state index is 12.6. The van der Waals surface area contributed by atoms with Gasteiger partial charge in [-0.3, -0.25) is 4.79 Å². The van der Waals surface area contributed by atoms with Crippen LogP contribution in [0.25, 0.3) is 0 Å². The van der Waals surface area contributed by atoms with Crippen LogP contribution in [0.1, 0.15) is 47.2 Å². The number of nitrogens with zero attached hydrogens (tertiary/aromatic N) is 1. The molecule has 0 atom stereocenters. The number of hydrogen-bond acceptors (Lipinski definition) is 3. The van der Waals surface area contributed by atoms with Crippen molar-refractivity contribution in [3.05, 3.63) is 34.9 Å². The standard InChI is InChI=1S/C18H24N2O2.ClH/c21-18(14-3-4-15-11-22-12-16(15)9-14)20-7-5-17(6-8-20)19-10-13-1-2-13;/h3-4,9,13,17,19H,1-2,5-8,10-12H2;1H. The van der Waals surface area contributed by atoms with Gasteiger partial charge in [-0.1, -0.05) is 6.07 Å². The Morgan fingerprint density at radius 1 is 1.13 bits per heavy atom. The Balaban J connectivity index is 0.00000156. The third-order valence-electron chi connectivity index (χ3n) is 5.14. The van der Waals surface area contributed by atoms with Gasteiger partial charge >= 0.3 is 0 Å². The highest BCUT2D eigenvalue weighted by Crippen LogP contribution is 2.28. The van der Waals surface area contributed by atoms with Crippen molar-refractivity contribution >= 4 is 18.3 Å². The van der Waals surface area contributed by atoms with Crippen molar-refractivity contribution in [2.45, 2.75) is 44.9 Å². The van der Waals surface area contributed by atoms with Gasteiger partial charge < -0.3 is 15.0 Å². The molecular weight excluding hydrogens is 312 g/mol. The molecule has 126 valence electrons. The number of amides is 1. The predicted molar refractivity (Wildman–Crippen MR) is 91.8 cm³/mol. The molecule has 23 heavy (non-hydrogen) atoms. The highest BCUT2D eigenvalue weighted by Gasteiger charge is 2.26. The first kappa shape index (κ1) is 16.7. The molecule has 2 heterocycles. The number of ether oxygens (including phenoxy) is 1. The van der Waals surface area contributed by atoms with Crippen LogP contribution < -0.4 is 5.32 Å². The third-order valence-corrected chi connectivity index (χ3v) is 5.14. The summed E-state index contributed by atoms with van der Waals surface area (Å²) in [4.78, 5) is 14.7. The normalized spacial score (nSPS) is 21.0. The molecule has 3 aliphatic rings. The molecule has 4 nitrogen and oxygen atoms in total. The van der Waals surface area contributed by atoms with E-state index in [1.807, 2.05) is 23.1 Å². The lowest BCUT2D eigenvalue weighted by atomic mass is 10.0. The fourth-order valence-corrected chi connectivity index (χ4v) is 3.43. The monoisotopic (exact) mass is 336 g/mol. The molecule has 1 aliphatic carbocycles. The summed E-state index contributed by atoms with van der Waals surface area (Å²) in [5, 5.41) is 3.66. The average molecular weight is 337 g/mol. The van der Waals surface area contributed by atoms with Gasteiger partial charge in [0, 0.05) is 24.7 Å². The van der Waals surface area contributed by atoms with Crippen LogP contribution in [0.3, 0.4) is 0 Å². The first-order chi connectivity index (χ1) is 10.8. The summed E-state index contributed by atoms with van der Waals surface area (Å²) in [5.74, 6) is 1.10. The van der Waals surface area contributed by atoms with E-state index in [9.17, 15) is 4.79 Å². The fraction of sp³-hybridized carbons (Fsp3) is 0.611. The number of carbonyl (C=O) groups is 1. The summed E-state index contributed by atoms with van der Waals surface area (Å²) < 4.78 is 5.43. The molecule has 1 aromatic carbocycles. The first-order valence-corrected chi connectivity index (χ1v) is 8.52. The number of nitrogens with one attached hydrogen (secondary N) is 1. The van der Waals surface area contributed by atoms with Crippen molar-refractivity contribution in [3.8, 4) is 0 Å². The van der Waals surface area contributed by atoms with E-state index in [4.69, 9.17) is 4.74 Å². The fourth-order valence-electron chi connectivity index (χ4n) is 3.43. The summed E-state index contributed by atoms with van der Waals surface area (Å²) in [5.41, 5.74) is 3.21. The predicted octanol–water partition coefficient (Wildman–Crippen LogP) is 2.74. The Morgan fingerprint density at radius 2 is 1.87 bits per heavy atom. The second-order valence-electron chi connectivity index (χ2n) is 6.89. The molecule has 5 heteroatoms. The molecule has 1 aromatic rings. The minimum absolute atomic E-state index is 0. The molecule has 2 aliphatic heterocycles. The van der Waals surface area contributed by atoms with Gasteiger partial charge in [0.25, 0.3) is 5.91 Å². The molecule has 0 spiro atoms. The highest BCUT2D eigenvalue weighted by molar-refractivity contribution is 5.94. The SMILES string of the molecule is Cl.O=C(c1ccc2c(c1)COC2)N1CCC(NCC2CC2)CC1. The van der Waals surface area contributed by atoms with E-state index in [0.29, 0.717) is 19.3 Å². The third kappa shape index (κ3) is 3.87. The second-order valence-corrected chi connectivity index (χ2v) is 6.89. The van der Waals surface area contributed by atoms with Crippen LogP contribution in [-0.4, -0.2) is 36.5 Å². The lowest BCUT2D eigenvalue weighted by Gasteiger charge is -2.32. The Hall–Kier alpha value is -1.10. The van der Waals surface area contributed by atoms with Gasteiger partial charge in [0.15, 0.2) is 0 Å². The molecule has 1 amide bonds. The van der Waals surface area contributed by atoms with E-state index in [-0.39, 0.29) is 18.3 Å². The topological polar surface area (TPSA) is 41.6 Å². The Morgan fingerprint density at radius 3 is 2.61 bits per heavy atom.